The quantitative estimate of drug-likeness (QED) is 0.568. The van der Waals surface area contributed by atoms with Crippen LogP contribution in [0.15, 0.2) is 36.4 Å². The molecule has 0 aliphatic carbocycles. The fourth-order valence-corrected chi connectivity index (χ4v) is 6.23. The van der Waals surface area contributed by atoms with Gasteiger partial charge >= 0.3 is 6.01 Å². The number of nitrogens with one attached hydrogen (secondary N) is 2. The minimum atomic E-state index is 0.430. The Morgan fingerprint density at radius 3 is 2.69 bits per heavy atom. The molecule has 5 heterocycles. The first-order chi connectivity index (χ1) is 17.7. The number of fused-ring (bicyclic) bond motifs is 4. The molecule has 2 unspecified atom stereocenters. The van der Waals surface area contributed by atoms with Gasteiger partial charge in [-0.2, -0.15) is 9.97 Å². The molecule has 36 heavy (non-hydrogen) atoms. The molecule has 188 valence electrons. The first-order valence-corrected chi connectivity index (χ1v) is 13.4. The highest BCUT2D eigenvalue weighted by Crippen LogP contribution is 2.36. The third-order valence-electron chi connectivity index (χ3n) is 8.24. The fraction of sp³-hybridized carbons (Fsp3) is 0.500. The van der Waals surface area contributed by atoms with E-state index in [0.29, 0.717) is 37.3 Å². The van der Waals surface area contributed by atoms with Crippen molar-refractivity contribution in [3.05, 3.63) is 36.4 Å². The summed E-state index contributed by atoms with van der Waals surface area (Å²) in [5.41, 5.74) is 4.25. The summed E-state index contributed by atoms with van der Waals surface area (Å²) in [5.74, 6) is 1.91. The van der Waals surface area contributed by atoms with E-state index in [2.05, 4.69) is 63.9 Å². The molecule has 8 nitrogen and oxygen atoms in total. The molecule has 3 saturated heterocycles. The summed E-state index contributed by atoms with van der Waals surface area (Å²) in [5, 5.41) is 8.27. The van der Waals surface area contributed by atoms with Crippen molar-refractivity contribution in [2.45, 2.75) is 43.8 Å². The molecular weight excluding hydrogens is 452 g/mol. The number of hydrogen-bond donors (Lipinski definition) is 2. The molecule has 8 heteroatoms. The molecule has 4 aliphatic heterocycles. The molecule has 0 saturated carbocycles. The maximum atomic E-state index is 6.26. The van der Waals surface area contributed by atoms with Crippen molar-refractivity contribution >= 4 is 22.4 Å². The maximum absolute atomic E-state index is 6.26. The van der Waals surface area contributed by atoms with Gasteiger partial charge in [0.1, 0.15) is 24.8 Å². The zero-order valence-electron chi connectivity index (χ0n) is 20.9. The van der Waals surface area contributed by atoms with Crippen LogP contribution in [0.25, 0.3) is 22.0 Å². The van der Waals surface area contributed by atoms with Crippen molar-refractivity contribution in [1.29, 1.82) is 0 Å². The lowest BCUT2D eigenvalue weighted by molar-refractivity contribution is 0.188. The Morgan fingerprint density at radius 2 is 1.86 bits per heavy atom. The molecule has 2 N–H and O–H groups in total. The third kappa shape index (κ3) is 4.12. The van der Waals surface area contributed by atoms with Crippen LogP contribution in [0.4, 0.5) is 11.5 Å². The first kappa shape index (κ1) is 22.1. The van der Waals surface area contributed by atoms with Gasteiger partial charge in [0.25, 0.3) is 0 Å². The summed E-state index contributed by atoms with van der Waals surface area (Å²) >= 11 is 0. The van der Waals surface area contributed by atoms with Crippen molar-refractivity contribution < 1.29 is 9.47 Å². The van der Waals surface area contributed by atoms with E-state index in [0.717, 1.165) is 71.9 Å². The highest BCUT2D eigenvalue weighted by Gasteiger charge is 2.34. The molecule has 4 aliphatic rings. The van der Waals surface area contributed by atoms with E-state index >= 15 is 0 Å². The Balaban J connectivity index is 1.26. The van der Waals surface area contributed by atoms with Crippen LogP contribution in [0.2, 0.25) is 0 Å². The van der Waals surface area contributed by atoms with E-state index in [4.69, 9.17) is 19.4 Å². The molecule has 2 bridgehead atoms. The van der Waals surface area contributed by atoms with Crippen molar-refractivity contribution in [2.24, 2.45) is 0 Å². The number of anilines is 2. The van der Waals surface area contributed by atoms with E-state index < -0.39 is 0 Å². The molecule has 7 rings (SSSR count). The number of aromatic nitrogens is 2. The number of piperazine rings is 1. The first-order valence-electron chi connectivity index (χ1n) is 13.4. The van der Waals surface area contributed by atoms with Crippen molar-refractivity contribution in [2.75, 3.05) is 56.7 Å². The van der Waals surface area contributed by atoms with Crippen molar-refractivity contribution in [1.82, 2.24) is 20.2 Å². The van der Waals surface area contributed by atoms with Crippen LogP contribution >= 0.6 is 0 Å². The van der Waals surface area contributed by atoms with Crippen molar-refractivity contribution in [3.63, 3.8) is 0 Å². The summed E-state index contributed by atoms with van der Waals surface area (Å²) in [6, 6.07) is 14.9. The normalized spacial score (nSPS) is 25.5. The number of hydrogen-bond acceptors (Lipinski definition) is 8. The van der Waals surface area contributed by atoms with Crippen LogP contribution in [-0.4, -0.2) is 79.4 Å². The second-order valence-corrected chi connectivity index (χ2v) is 10.7. The summed E-state index contributed by atoms with van der Waals surface area (Å²) in [6.07, 6.45) is 4.86. The van der Waals surface area contributed by atoms with Gasteiger partial charge in [-0.1, -0.05) is 12.1 Å². The van der Waals surface area contributed by atoms with Gasteiger partial charge in [-0.05, 0) is 74.7 Å². The standard InChI is InChI=1S/C28H34N6O2/c1-33-11-2-3-22(33)17-36-28-31-24-13-18(19-5-9-26-25(14-19)29-10-12-35-26)4-8-23(24)27(32-28)34-15-20-6-7-21(16-34)30-20/h4-5,8-9,13-14,20-22,29-30H,2-3,6-7,10-12,15-17H2,1H3/t20?,21?,22-/m0/s1. The van der Waals surface area contributed by atoms with Crippen LogP contribution < -0.4 is 25.0 Å². The van der Waals surface area contributed by atoms with Gasteiger partial charge in [-0.15, -0.1) is 0 Å². The summed E-state index contributed by atoms with van der Waals surface area (Å²) in [4.78, 5) is 14.7. The van der Waals surface area contributed by atoms with Crippen LogP contribution in [0.5, 0.6) is 11.8 Å². The average molecular weight is 487 g/mol. The number of likely N-dealkylation sites (tertiary alicyclic amines) is 1. The summed E-state index contributed by atoms with van der Waals surface area (Å²) in [7, 11) is 2.18. The van der Waals surface area contributed by atoms with Gasteiger partial charge in [0.15, 0.2) is 0 Å². The van der Waals surface area contributed by atoms with Gasteiger partial charge in [0, 0.05) is 43.1 Å². The smallest absolute Gasteiger partial charge is 0.319 e. The lowest BCUT2D eigenvalue weighted by atomic mass is 10.0. The van der Waals surface area contributed by atoms with Crippen molar-refractivity contribution in [3.8, 4) is 22.9 Å². The Labute approximate surface area is 212 Å². The summed E-state index contributed by atoms with van der Waals surface area (Å²) < 4.78 is 12.0. The van der Waals surface area contributed by atoms with Gasteiger partial charge in [-0.25, -0.2) is 0 Å². The van der Waals surface area contributed by atoms with Gasteiger partial charge in [-0.3, -0.25) is 0 Å². The number of benzene rings is 2. The number of ether oxygens (including phenoxy) is 2. The van der Waals surface area contributed by atoms with E-state index in [1.54, 1.807) is 0 Å². The van der Waals surface area contributed by atoms with Crippen LogP contribution in [0.1, 0.15) is 25.7 Å². The molecule has 0 spiro atoms. The zero-order valence-corrected chi connectivity index (χ0v) is 20.9. The fourth-order valence-electron chi connectivity index (χ4n) is 6.23. The third-order valence-corrected chi connectivity index (χ3v) is 8.24. The second kappa shape index (κ2) is 9.09. The van der Waals surface area contributed by atoms with Gasteiger partial charge < -0.3 is 29.9 Å². The highest BCUT2D eigenvalue weighted by atomic mass is 16.5. The van der Waals surface area contributed by atoms with E-state index in [1.807, 2.05) is 0 Å². The largest absolute Gasteiger partial charge is 0.490 e. The predicted molar refractivity (Wildman–Crippen MR) is 142 cm³/mol. The molecule has 3 aromatic rings. The van der Waals surface area contributed by atoms with E-state index in [-0.39, 0.29) is 0 Å². The van der Waals surface area contributed by atoms with E-state index in [9.17, 15) is 0 Å². The molecular formula is C28H34N6O2. The Morgan fingerprint density at radius 1 is 1.03 bits per heavy atom. The predicted octanol–water partition coefficient (Wildman–Crippen LogP) is 3.51. The topological polar surface area (TPSA) is 74.8 Å². The Bertz CT molecular complexity index is 1270. The lowest BCUT2D eigenvalue weighted by Gasteiger charge is -2.34. The van der Waals surface area contributed by atoms with E-state index in [1.165, 1.54) is 19.3 Å². The average Bonchev–Trinajstić information content (AvgIpc) is 3.49. The monoisotopic (exact) mass is 486 g/mol. The Hall–Kier alpha value is -3.10. The maximum Gasteiger partial charge on any atom is 0.319 e. The number of likely N-dealkylation sites (N-methyl/N-ethyl adjacent to an activating group) is 1. The van der Waals surface area contributed by atoms with Crippen LogP contribution in [0.3, 0.4) is 0 Å². The van der Waals surface area contributed by atoms with Crippen LogP contribution in [-0.2, 0) is 0 Å². The molecule has 3 atom stereocenters. The molecule has 0 amide bonds. The minimum Gasteiger partial charge on any atom is -0.490 e. The van der Waals surface area contributed by atoms with Gasteiger partial charge in [0.05, 0.1) is 11.2 Å². The molecule has 3 fully saturated rings. The lowest BCUT2D eigenvalue weighted by Crippen LogP contribution is -2.51. The molecule has 0 radical (unpaired) electrons. The SMILES string of the molecule is CN1CCC[C@H]1COc1nc(N2CC3CCC(C2)N3)c2ccc(-c3ccc4c(c3)NCCO4)cc2n1. The summed E-state index contributed by atoms with van der Waals surface area (Å²) in [6.45, 7) is 5.25. The van der Waals surface area contributed by atoms with Gasteiger partial charge in [0.2, 0.25) is 0 Å². The zero-order chi connectivity index (χ0) is 24.1. The Kier molecular flexibility index (Phi) is 5.58. The molecule has 2 aromatic carbocycles. The molecule has 1 aromatic heterocycles. The number of nitrogens with zero attached hydrogens (tertiary/aromatic N) is 4. The van der Waals surface area contributed by atoms with Crippen LogP contribution in [0, 0.1) is 0 Å². The minimum absolute atomic E-state index is 0.430. The number of rotatable bonds is 5. The second-order valence-electron chi connectivity index (χ2n) is 10.7. The highest BCUT2D eigenvalue weighted by molar-refractivity contribution is 5.93.